The Morgan fingerprint density at radius 1 is 1.21 bits per heavy atom. The minimum absolute atomic E-state index is 0.215. The topological polar surface area (TPSA) is 29.1 Å². The van der Waals surface area contributed by atoms with Crippen LogP contribution in [0.25, 0.3) is 0 Å². The second-order valence-corrected chi connectivity index (χ2v) is 5.69. The van der Waals surface area contributed by atoms with Crippen LogP contribution in [0.4, 0.5) is 5.69 Å². The molecule has 0 aromatic heterocycles. The van der Waals surface area contributed by atoms with E-state index >= 15 is 0 Å². The Hall–Kier alpha value is -1.31. The summed E-state index contributed by atoms with van der Waals surface area (Å²) >= 11 is 0. The molecule has 2 heteroatoms. The zero-order valence-electron chi connectivity index (χ0n) is 12.1. The van der Waals surface area contributed by atoms with Gasteiger partial charge >= 0.3 is 0 Å². The van der Waals surface area contributed by atoms with Crippen molar-refractivity contribution >= 4 is 11.5 Å². The van der Waals surface area contributed by atoms with E-state index in [0.29, 0.717) is 12.5 Å². The Kier molecular flexibility index (Phi) is 5.00. The average Bonchev–Trinajstić information content (AvgIpc) is 2.48. The molecule has 104 valence electrons. The Morgan fingerprint density at radius 3 is 2.42 bits per heavy atom. The van der Waals surface area contributed by atoms with Gasteiger partial charge in [-0.05, 0) is 49.9 Å². The van der Waals surface area contributed by atoms with Gasteiger partial charge in [0.15, 0.2) is 5.78 Å². The maximum absolute atomic E-state index is 11.6. The van der Waals surface area contributed by atoms with Gasteiger partial charge in [0, 0.05) is 23.7 Å². The number of hydrogen-bond acceptors (Lipinski definition) is 2. The fraction of sp³-hybridized carbons (Fsp3) is 0.588. The van der Waals surface area contributed by atoms with Crippen molar-refractivity contribution in [3.63, 3.8) is 0 Å². The quantitative estimate of drug-likeness (QED) is 0.779. The summed E-state index contributed by atoms with van der Waals surface area (Å²) in [5.74, 6) is 1.01. The van der Waals surface area contributed by atoms with E-state index in [1.165, 1.54) is 32.1 Å². The molecule has 19 heavy (non-hydrogen) atoms. The Bertz CT molecular complexity index is 404. The highest BCUT2D eigenvalue weighted by molar-refractivity contribution is 5.96. The van der Waals surface area contributed by atoms with Crippen LogP contribution in [0, 0.1) is 5.92 Å². The molecule has 1 fully saturated rings. The number of ketones is 1. The maximum Gasteiger partial charge on any atom is 0.162 e. The van der Waals surface area contributed by atoms with E-state index in [-0.39, 0.29) is 5.78 Å². The summed E-state index contributed by atoms with van der Waals surface area (Å²) in [5, 5.41) is 3.58. The van der Waals surface area contributed by atoms with Crippen molar-refractivity contribution in [1.29, 1.82) is 0 Å². The van der Waals surface area contributed by atoms with Crippen LogP contribution in [-0.2, 0) is 0 Å². The lowest BCUT2D eigenvalue weighted by Crippen LogP contribution is -2.27. The summed E-state index contributed by atoms with van der Waals surface area (Å²) in [6.07, 6.45) is 7.42. The van der Waals surface area contributed by atoms with Gasteiger partial charge in [-0.15, -0.1) is 0 Å². The Morgan fingerprint density at radius 2 is 1.84 bits per heavy atom. The summed E-state index contributed by atoms with van der Waals surface area (Å²) in [7, 11) is 0. The van der Waals surface area contributed by atoms with Crippen LogP contribution in [-0.4, -0.2) is 11.8 Å². The first kappa shape index (κ1) is 14.1. The van der Waals surface area contributed by atoms with Gasteiger partial charge in [0.05, 0.1) is 0 Å². The molecule has 0 bridgehead atoms. The predicted octanol–water partition coefficient (Wildman–Crippen LogP) is 4.66. The molecule has 0 radical (unpaired) electrons. The van der Waals surface area contributed by atoms with Gasteiger partial charge in [0.25, 0.3) is 0 Å². The molecule has 1 saturated carbocycles. The average molecular weight is 259 g/mol. The van der Waals surface area contributed by atoms with Crippen molar-refractivity contribution in [1.82, 2.24) is 0 Å². The molecule has 0 heterocycles. The molecule has 1 aliphatic rings. The van der Waals surface area contributed by atoms with Crippen LogP contribution in [0.15, 0.2) is 24.3 Å². The molecule has 1 unspecified atom stereocenters. The summed E-state index contributed by atoms with van der Waals surface area (Å²) in [6, 6.07) is 8.45. The van der Waals surface area contributed by atoms with Crippen LogP contribution >= 0.6 is 0 Å². The van der Waals surface area contributed by atoms with Gasteiger partial charge in [0.1, 0.15) is 0 Å². The van der Waals surface area contributed by atoms with E-state index in [1.807, 2.05) is 31.2 Å². The number of anilines is 1. The molecule has 2 nitrogen and oxygen atoms in total. The molecule has 1 N–H and O–H groups in total. The van der Waals surface area contributed by atoms with Crippen LogP contribution in [0.5, 0.6) is 0 Å². The highest BCUT2D eigenvalue weighted by Crippen LogP contribution is 2.28. The number of nitrogens with one attached hydrogen (secondary N) is 1. The van der Waals surface area contributed by atoms with Crippen molar-refractivity contribution in [2.45, 2.75) is 58.4 Å². The first-order chi connectivity index (χ1) is 9.20. The highest BCUT2D eigenvalue weighted by atomic mass is 16.1. The molecule has 2 rings (SSSR count). The van der Waals surface area contributed by atoms with Crippen molar-refractivity contribution in [3.05, 3.63) is 29.8 Å². The molecule has 0 spiro atoms. The molecule has 1 atom stereocenters. The van der Waals surface area contributed by atoms with Crippen molar-refractivity contribution in [2.24, 2.45) is 5.92 Å². The lowest BCUT2D eigenvalue weighted by molar-refractivity contribution is 0.0988. The standard InChI is InChI=1S/C17H25NO/c1-3-17(19)15-9-11-16(12-10-15)18-13(2)14-7-5-4-6-8-14/h9-14,18H,3-8H2,1-2H3. The molecular formula is C17H25NO. The van der Waals surface area contributed by atoms with Crippen LogP contribution in [0.3, 0.4) is 0 Å². The first-order valence-corrected chi connectivity index (χ1v) is 7.60. The first-order valence-electron chi connectivity index (χ1n) is 7.60. The summed E-state index contributed by atoms with van der Waals surface area (Å²) in [6.45, 7) is 4.18. The fourth-order valence-electron chi connectivity index (χ4n) is 2.97. The molecule has 1 aliphatic carbocycles. The second kappa shape index (κ2) is 6.74. The Labute approximate surface area is 116 Å². The van der Waals surface area contributed by atoms with Crippen molar-refractivity contribution < 1.29 is 4.79 Å². The van der Waals surface area contributed by atoms with E-state index in [0.717, 1.165) is 17.2 Å². The van der Waals surface area contributed by atoms with Crippen LogP contribution in [0.1, 0.15) is 62.7 Å². The van der Waals surface area contributed by atoms with Crippen molar-refractivity contribution in [3.8, 4) is 0 Å². The monoisotopic (exact) mass is 259 g/mol. The van der Waals surface area contributed by atoms with E-state index in [4.69, 9.17) is 0 Å². The van der Waals surface area contributed by atoms with Gasteiger partial charge < -0.3 is 5.32 Å². The third kappa shape index (κ3) is 3.82. The Balaban J connectivity index is 1.93. The lowest BCUT2D eigenvalue weighted by atomic mass is 9.84. The minimum atomic E-state index is 0.215. The van der Waals surface area contributed by atoms with Gasteiger partial charge in [0.2, 0.25) is 0 Å². The van der Waals surface area contributed by atoms with Gasteiger partial charge in [-0.25, -0.2) is 0 Å². The maximum atomic E-state index is 11.6. The number of rotatable bonds is 5. The number of hydrogen-bond donors (Lipinski definition) is 1. The highest BCUT2D eigenvalue weighted by Gasteiger charge is 2.19. The van der Waals surface area contributed by atoms with E-state index < -0.39 is 0 Å². The van der Waals surface area contributed by atoms with E-state index in [2.05, 4.69) is 12.2 Å². The number of carbonyl (C=O) groups excluding carboxylic acids is 1. The van der Waals surface area contributed by atoms with Gasteiger partial charge in [-0.3, -0.25) is 4.79 Å². The predicted molar refractivity (Wildman–Crippen MR) is 80.7 cm³/mol. The third-order valence-corrected chi connectivity index (χ3v) is 4.28. The van der Waals surface area contributed by atoms with Crippen LogP contribution in [0.2, 0.25) is 0 Å². The summed E-state index contributed by atoms with van der Waals surface area (Å²) in [4.78, 5) is 11.6. The molecule has 0 saturated heterocycles. The zero-order chi connectivity index (χ0) is 13.7. The second-order valence-electron chi connectivity index (χ2n) is 5.69. The lowest BCUT2D eigenvalue weighted by Gasteiger charge is -2.29. The van der Waals surface area contributed by atoms with Gasteiger partial charge in [-0.2, -0.15) is 0 Å². The van der Waals surface area contributed by atoms with E-state index in [1.54, 1.807) is 0 Å². The zero-order valence-corrected chi connectivity index (χ0v) is 12.1. The fourth-order valence-corrected chi connectivity index (χ4v) is 2.97. The molecule has 0 aliphatic heterocycles. The summed E-state index contributed by atoms with van der Waals surface area (Å²) < 4.78 is 0. The molecule has 1 aromatic rings. The molecular weight excluding hydrogens is 234 g/mol. The molecule has 1 aromatic carbocycles. The minimum Gasteiger partial charge on any atom is -0.382 e. The largest absolute Gasteiger partial charge is 0.382 e. The normalized spacial score (nSPS) is 18.0. The van der Waals surface area contributed by atoms with Crippen LogP contribution < -0.4 is 5.32 Å². The molecule has 0 amide bonds. The number of benzene rings is 1. The number of Topliss-reactive ketones (excluding diaryl/α,β-unsaturated/α-hetero) is 1. The van der Waals surface area contributed by atoms with E-state index in [9.17, 15) is 4.79 Å². The smallest absolute Gasteiger partial charge is 0.162 e. The summed E-state index contributed by atoms with van der Waals surface area (Å²) in [5.41, 5.74) is 1.95. The van der Waals surface area contributed by atoms with Crippen molar-refractivity contribution in [2.75, 3.05) is 5.32 Å². The third-order valence-electron chi connectivity index (χ3n) is 4.28. The number of carbonyl (C=O) groups is 1. The SMILES string of the molecule is CCC(=O)c1ccc(NC(C)C2CCCCC2)cc1. The van der Waals surface area contributed by atoms with Gasteiger partial charge in [-0.1, -0.05) is 26.2 Å².